The molecular weight excluding hydrogens is 1480 g/mol. The second-order valence-corrected chi connectivity index (χ2v) is 21.1. The van der Waals surface area contributed by atoms with E-state index in [1.807, 2.05) is 10.6 Å². The van der Waals surface area contributed by atoms with Crippen LogP contribution in [0.5, 0.6) is 40.2 Å². The smallest absolute Gasteiger partial charge is 0.417 e. The van der Waals surface area contributed by atoms with Crippen LogP contribution in [0.4, 0.5) is 105 Å². The molecule has 558 valence electrons. The van der Waals surface area contributed by atoms with Gasteiger partial charge in [0.05, 0.1) is 99.4 Å². The number of benzene rings is 6. The Hall–Kier alpha value is -12.7. The maximum Gasteiger partial charge on any atom is 0.417 e. The average molecular weight is 1520 g/mol. The highest BCUT2D eigenvalue weighted by Gasteiger charge is 2.45. The van der Waals surface area contributed by atoms with Gasteiger partial charge in [0.2, 0.25) is 0 Å². The standard InChI is InChI=1S/C22H13F7N2O5.C22H13F7N2O4.C22H14F6N2O5/c1-35-16-8-11(23)2-5-15(16)36-17-7-10(21(24,25)26)6-13(22(27,28)29)18(17)19(32)31-12-3-4-14(20(33)34)30-9-12;1-10-6-12(23)2-5-16(10)35-17-8-11(21(24,25)26)7-14(22(27,28)29)18(17)19(32)31-13-3-4-15(20(33)34)30-9-13;23-21(24,25)12-7-15(22(26,27)28)18(17(8-12)35-14-4-1-11(10-31)2-5-14)19(32)30-13-3-6-16(20(33)34)29-9-13/h2-9H,1H3,(H,31,32)(H,33,34);2-9H,1H3,(H,31,32)(H,33,34);1-9,31H,10H2,(H,30,32)(H,33,34). The van der Waals surface area contributed by atoms with E-state index in [1.165, 1.54) is 31.2 Å². The first-order valence-corrected chi connectivity index (χ1v) is 28.5. The third kappa shape index (κ3) is 20.8. The monoisotopic (exact) mass is 1520 g/mol. The zero-order chi connectivity index (χ0) is 78.9. The second kappa shape index (κ2) is 31.9. The summed E-state index contributed by atoms with van der Waals surface area (Å²) >= 11 is 0. The molecule has 0 bridgehead atoms. The number of carbonyl (C=O) groups is 6. The van der Waals surface area contributed by atoms with E-state index in [0.29, 0.717) is 5.56 Å². The first-order valence-electron chi connectivity index (χ1n) is 28.5. The zero-order valence-corrected chi connectivity index (χ0v) is 52.4. The number of anilines is 3. The number of carboxylic acid groups (broad SMARTS) is 3. The molecule has 0 aliphatic carbocycles. The quantitative estimate of drug-likeness (QED) is 0.0417. The van der Waals surface area contributed by atoms with Gasteiger partial charge in [0, 0.05) is 6.07 Å². The Morgan fingerprint density at radius 3 is 0.981 bits per heavy atom. The Morgan fingerprint density at radius 1 is 0.377 bits per heavy atom. The largest absolute Gasteiger partial charge is 0.493 e. The number of alkyl halides is 18. The van der Waals surface area contributed by atoms with Gasteiger partial charge in [0.1, 0.15) is 57.5 Å². The number of nitrogens with zero attached hydrogens (tertiary/aromatic N) is 3. The number of nitrogens with one attached hydrogen (secondary N) is 3. The number of aromatic carboxylic acids is 3. The normalized spacial score (nSPS) is 11.7. The molecule has 9 rings (SSSR count). The molecule has 0 unspecified atom stereocenters. The molecular formula is C66H40F20N6O14. The second-order valence-electron chi connectivity index (χ2n) is 21.1. The molecule has 7 N–H and O–H groups in total. The lowest BCUT2D eigenvalue weighted by Crippen LogP contribution is -2.21. The van der Waals surface area contributed by atoms with E-state index >= 15 is 0 Å². The van der Waals surface area contributed by atoms with Gasteiger partial charge in [0.25, 0.3) is 17.7 Å². The molecule has 0 aliphatic heterocycles. The predicted molar refractivity (Wildman–Crippen MR) is 323 cm³/mol. The Bertz CT molecular complexity index is 4780. The third-order valence-corrected chi connectivity index (χ3v) is 13.6. The first kappa shape index (κ1) is 80.7. The first-order chi connectivity index (χ1) is 49.2. The van der Waals surface area contributed by atoms with Crippen molar-refractivity contribution in [1.29, 1.82) is 0 Å². The van der Waals surface area contributed by atoms with Gasteiger partial charge in [0.15, 0.2) is 11.5 Å². The molecule has 106 heavy (non-hydrogen) atoms. The fraction of sp³-hybridized carbons (Fsp3) is 0.136. The van der Waals surface area contributed by atoms with E-state index < -0.39 is 174 Å². The highest BCUT2D eigenvalue weighted by atomic mass is 19.4. The van der Waals surface area contributed by atoms with Crippen LogP contribution in [-0.2, 0) is 43.7 Å². The van der Waals surface area contributed by atoms with Crippen molar-refractivity contribution in [2.24, 2.45) is 0 Å². The van der Waals surface area contributed by atoms with Crippen LogP contribution >= 0.6 is 0 Å². The van der Waals surface area contributed by atoms with Crippen LogP contribution in [-0.4, -0.2) is 78.1 Å². The van der Waals surface area contributed by atoms with E-state index in [0.717, 1.165) is 98.5 Å². The minimum atomic E-state index is -5.44. The number of methoxy groups -OCH3 is 1. The van der Waals surface area contributed by atoms with E-state index in [1.54, 1.807) is 0 Å². The van der Waals surface area contributed by atoms with Gasteiger partial charge in [-0.2, -0.15) is 79.0 Å². The molecule has 0 spiro atoms. The van der Waals surface area contributed by atoms with E-state index in [-0.39, 0.29) is 82.9 Å². The number of halogens is 20. The molecule has 9 aromatic rings. The Kier molecular flexibility index (Phi) is 24.3. The van der Waals surface area contributed by atoms with Crippen molar-refractivity contribution in [3.05, 3.63) is 242 Å². The summed E-state index contributed by atoms with van der Waals surface area (Å²) in [6.07, 6.45) is -29.4. The molecule has 3 aromatic heterocycles. The summed E-state index contributed by atoms with van der Waals surface area (Å²) in [6, 6.07) is 16.2. The predicted octanol–water partition coefficient (Wildman–Crippen LogP) is 17.7. The maximum atomic E-state index is 13.8. The summed E-state index contributed by atoms with van der Waals surface area (Å²) in [6.45, 7) is 0.927. The number of aryl methyl sites for hydroxylation is 1. The lowest BCUT2D eigenvalue weighted by molar-refractivity contribution is -0.145. The van der Waals surface area contributed by atoms with Crippen molar-refractivity contribution in [2.75, 3.05) is 23.1 Å². The van der Waals surface area contributed by atoms with Gasteiger partial charge in [-0.25, -0.2) is 38.1 Å². The van der Waals surface area contributed by atoms with Gasteiger partial charge < -0.3 is 55.3 Å². The minimum Gasteiger partial charge on any atom is -0.493 e. The van der Waals surface area contributed by atoms with Crippen LogP contribution in [0.3, 0.4) is 0 Å². The van der Waals surface area contributed by atoms with Gasteiger partial charge in [-0.3, -0.25) is 14.4 Å². The third-order valence-electron chi connectivity index (χ3n) is 13.6. The molecule has 0 aliphatic rings. The molecule has 3 amide bonds. The van der Waals surface area contributed by atoms with Crippen molar-refractivity contribution in [1.82, 2.24) is 15.0 Å². The molecule has 0 saturated carbocycles. The fourth-order valence-electron chi connectivity index (χ4n) is 8.80. The van der Waals surface area contributed by atoms with Crippen molar-refractivity contribution in [2.45, 2.75) is 50.6 Å². The maximum absolute atomic E-state index is 13.8. The highest BCUT2D eigenvalue weighted by molar-refractivity contribution is 6.09. The van der Waals surface area contributed by atoms with Crippen molar-refractivity contribution in [3.63, 3.8) is 0 Å². The zero-order valence-electron chi connectivity index (χ0n) is 52.4. The number of ether oxygens (including phenoxy) is 4. The van der Waals surface area contributed by atoms with Gasteiger partial charge in [-0.1, -0.05) is 12.1 Å². The molecule has 20 nitrogen and oxygen atoms in total. The number of hydrogen-bond donors (Lipinski definition) is 7. The number of aliphatic hydroxyl groups excluding tert-OH is 1. The van der Waals surface area contributed by atoms with Crippen molar-refractivity contribution < 1.29 is 156 Å². The summed E-state index contributed by atoms with van der Waals surface area (Å²) in [5, 5.41) is 41.8. The van der Waals surface area contributed by atoms with Gasteiger partial charge in [-0.05, 0) is 133 Å². The van der Waals surface area contributed by atoms with Crippen LogP contribution < -0.4 is 34.9 Å². The van der Waals surface area contributed by atoms with E-state index in [4.69, 9.17) is 39.4 Å². The van der Waals surface area contributed by atoms with Crippen molar-refractivity contribution >= 4 is 52.7 Å². The summed E-state index contributed by atoms with van der Waals surface area (Å²) < 4.78 is 292. The number of amides is 3. The molecule has 0 fully saturated rings. The van der Waals surface area contributed by atoms with E-state index in [9.17, 15) is 117 Å². The fourth-order valence-corrected chi connectivity index (χ4v) is 8.80. The molecule has 40 heteroatoms. The van der Waals surface area contributed by atoms with Crippen LogP contribution in [0, 0.1) is 18.6 Å². The number of hydrogen-bond acceptors (Lipinski definition) is 14. The summed E-state index contributed by atoms with van der Waals surface area (Å²) in [4.78, 5) is 81.7. The number of aliphatic hydroxyl groups is 1. The molecule has 3 heterocycles. The summed E-state index contributed by atoms with van der Waals surface area (Å²) in [5.74, 6) is -14.9. The van der Waals surface area contributed by atoms with Crippen LogP contribution in [0.15, 0.2) is 152 Å². The number of carboxylic acids is 3. The average Bonchev–Trinajstić information content (AvgIpc) is 0.775. The van der Waals surface area contributed by atoms with Crippen molar-refractivity contribution in [3.8, 4) is 40.2 Å². The van der Waals surface area contributed by atoms with Crippen LogP contribution in [0.25, 0.3) is 0 Å². The summed E-state index contributed by atoms with van der Waals surface area (Å²) in [5.41, 5.74) is -16.4. The van der Waals surface area contributed by atoms with Gasteiger partial charge in [-0.15, -0.1) is 0 Å². The van der Waals surface area contributed by atoms with E-state index in [2.05, 4.69) is 20.3 Å². The number of carbonyl (C=O) groups excluding carboxylic acids is 3. The molecule has 6 aromatic carbocycles. The lowest BCUT2D eigenvalue weighted by Gasteiger charge is -2.20. The Labute approximate surface area is 578 Å². The lowest BCUT2D eigenvalue weighted by atomic mass is 10.0. The number of aromatic nitrogens is 3. The summed E-state index contributed by atoms with van der Waals surface area (Å²) in [7, 11) is 1.05. The minimum absolute atomic E-state index is 0.0378. The SMILES string of the molecule is COc1cc(F)ccc1Oc1cc(C(F)(F)F)cc(C(F)(F)F)c1C(=O)Nc1ccc(C(=O)O)nc1.Cc1cc(F)ccc1Oc1cc(C(F)(F)F)cc(C(F)(F)F)c1C(=O)Nc1ccc(C(=O)O)nc1.O=C(O)c1ccc(NC(=O)c2c(Oc3ccc(CO)cc3)cc(C(F)(F)F)cc2C(F)(F)F)cn1. The van der Waals surface area contributed by atoms with Crippen LogP contribution in [0.2, 0.25) is 0 Å². The molecule has 0 atom stereocenters. The Balaban J connectivity index is 0.000000222. The van der Waals surface area contributed by atoms with Crippen LogP contribution in [0.1, 0.15) is 107 Å². The highest BCUT2D eigenvalue weighted by Crippen LogP contribution is 2.48. The Morgan fingerprint density at radius 2 is 0.698 bits per heavy atom. The molecule has 0 radical (unpaired) electrons. The number of pyridine rings is 3. The molecule has 0 saturated heterocycles. The van der Waals surface area contributed by atoms with Gasteiger partial charge >= 0.3 is 55.0 Å². The number of rotatable bonds is 17. The topological polar surface area (TPSA) is 295 Å².